The van der Waals surface area contributed by atoms with Crippen molar-refractivity contribution in [3.05, 3.63) is 11.4 Å². The number of rotatable bonds is 0. The molecule has 25 heavy (non-hydrogen) atoms. The molecule has 3 fully saturated rings. The van der Waals surface area contributed by atoms with Gasteiger partial charge in [-0.05, 0) is 74.5 Å². The maximum absolute atomic E-state index is 11.0. The molecule has 2 N–H and O–H groups in total. The zero-order valence-electron chi connectivity index (χ0n) is 15.5. The number of aliphatic hydroxyl groups excluding tert-OH is 1. The molecule has 8 atom stereocenters. The van der Waals surface area contributed by atoms with E-state index in [1.54, 1.807) is 0 Å². The van der Waals surface area contributed by atoms with Crippen LogP contribution in [0.4, 0.5) is 0 Å². The van der Waals surface area contributed by atoms with Crippen molar-refractivity contribution in [3.63, 3.8) is 0 Å². The molecule has 1 aromatic heterocycles. The Bertz CT molecular complexity index is 701. The summed E-state index contributed by atoms with van der Waals surface area (Å²) >= 11 is 0. The molecule has 5 heteroatoms. The first-order valence-electron chi connectivity index (χ1n) is 9.98. The zero-order valence-corrected chi connectivity index (χ0v) is 15.5. The van der Waals surface area contributed by atoms with Crippen LogP contribution < -0.4 is 0 Å². The van der Waals surface area contributed by atoms with Gasteiger partial charge in [-0.2, -0.15) is 0 Å². The number of aliphatic hydroxyl groups is 2. The Morgan fingerprint density at radius 1 is 1.04 bits per heavy atom. The molecule has 1 heterocycles. The Kier molecular flexibility index (Phi) is 3.16. The van der Waals surface area contributed by atoms with Gasteiger partial charge in [0.15, 0.2) is 0 Å². The van der Waals surface area contributed by atoms with Gasteiger partial charge in [0, 0.05) is 11.8 Å². The second kappa shape index (κ2) is 4.86. The van der Waals surface area contributed by atoms with Crippen molar-refractivity contribution in [2.45, 2.75) is 77.4 Å². The van der Waals surface area contributed by atoms with Crippen LogP contribution in [0.5, 0.6) is 0 Å². The molecule has 0 aromatic carbocycles. The fraction of sp³-hybridized carbons (Fsp3) is 0.900. The van der Waals surface area contributed by atoms with Crippen molar-refractivity contribution in [2.24, 2.45) is 34.5 Å². The monoisotopic (exact) mass is 346 g/mol. The molecule has 0 radical (unpaired) electrons. The molecule has 1 aromatic rings. The molecule has 5 nitrogen and oxygen atoms in total. The second-order valence-corrected chi connectivity index (χ2v) is 10.1. The summed E-state index contributed by atoms with van der Waals surface area (Å²) in [5, 5.41) is 29.9. The molecule has 1 unspecified atom stereocenters. The highest BCUT2D eigenvalue weighted by molar-refractivity contribution is 5.22. The molecular weight excluding hydrogens is 316 g/mol. The van der Waals surface area contributed by atoms with Gasteiger partial charge in [-0.25, -0.2) is 4.63 Å². The van der Waals surface area contributed by atoms with Crippen LogP contribution in [0, 0.1) is 34.5 Å². The average Bonchev–Trinajstić information content (AvgIpc) is 3.07. The summed E-state index contributed by atoms with van der Waals surface area (Å²) in [6.07, 6.45) is 6.72. The van der Waals surface area contributed by atoms with Gasteiger partial charge in [0.25, 0.3) is 0 Å². The topological polar surface area (TPSA) is 79.4 Å². The first-order valence-corrected chi connectivity index (χ1v) is 9.98. The summed E-state index contributed by atoms with van der Waals surface area (Å²) in [5.74, 6) is 2.33. The number of fused-ring (bicyclic) bond motifs is 6. The Labute approximate surface area is 149 Å². The maximum Gasteiger partial charge on any atom is 0.108 e. The smallest absolute Gasteiger partial charge is 0.108 e. The van der Waals surface area contributed by atoms with E-state index in [0.29, 0.717) is 23.7 Å². The normalized spacial score (nSPS) is 54.4. The van der Waals surface area contributed by atoms with E-state index in [9.17, 15) is 10.2 Å². The molecule has 0 amide bonds. The summed E-state index contributed by atoms with van der Waals surface area (Å²) in [7, 11) is 0. The quantitative estimate of drug-likeness (QED) is 0.755. The van der Waals surface area contributed by atoms with E-state index < -0.39 is 11.7 Å². The highest BCUT2D eigenvalue weighted by Gasteiger charge is 2.66. The molecule has 138 valence electrons. The third kappa shape index (κ3) is 1.86. The van der Waals surface area contributed by atoms with Crippen LogP contribution in [-0.2, 0) is 12.8 Å². The van der Waals surface area contributed by atoms with Crippen molar-refractivity contribution >= 4 is 0 Å². The average molecular weight is 346 g/mol. The largest absolute Gasteiger partial charge is 0.390 e. The van der Waals surface area contributed by atoms with Gasteiger partial charge in [-0.1, -0.05) is 24.2 Å². The van der Waals surface area contributed by atoms with Gasteiger partial charge in [0.05, 0.1) is 11.7 Å². The predicted molar refractivity (Wildman–Crippen MR) is 91.6 cm³/mol. The Balaban J connectivity index is 1.51. The minimum Gasteiger partial charge on any atom is -0.390 e. The fourth-order valence-corrected chi connectivity index (χ4v) is 7.49. The summed E-state index contributed by atoms with van der Waals surface area (Å²) < 4.78 is 5.02. The zero-order chi connectivity index (χ0) is 17.6. The highest BCUT2D eigenvalue weighted by Crippen LogP contribution is 2.67. The first kappa shape index (κ1) is 16.2. The number of hydrogen-bond acceptors (Lipinski definition) is 5. The standard InChI is InChI=1S/C20H30N2O3/c1-18-10-16-15(21-25-22-16)8-11(18)4-5-12-13(18)6-7-19(2)14(12)9-17(23)20(19,3)24/h11-14,17,23-24H,4-10H2,1-3H3/t11-,12?,13-,14-,17-,18-,19-,20-/m0/s1. The molecule has 0 bridgehead atoms. The first-order chi connectivity index (χ1) is 11.8. The Hall–Kier alpha value is -0.940. The lowest BCUT2D eigenvalue weighted by Gasteiger charge is -2.60. The second-order valence-electron chi connectivity index (χ2n) is 10.1. The van der Waals surface area contributed by atoms with Gasteiger partial charge in [0.2, 0.25) is 0 Å². The lowest BCUT2D eigenvalue weighted by atomic mass is 9.44. The van der Waals surface area contributed by atoms with E-state index >= 15 is 0 Å². The Morgan fingerprint density at radius 3 is 2.60 bits per heavy atom. The third-order valence-corrected chi connectivity index (χ3v) is 9.36. The van der Waals surface area contributed by atoms with Crippen LogP contribution in [0.3, 0.4) is 0 Å². The number of nitrogens with zero attached hydrogens (tertiary/aromatic N) is 2. The van der Waals surface area contributed by atoms with Crippen molar-refractivity contribution in [1.29, 1.82) is 0 Å². The van der Waals surface area contributed by atoms with Crippen LogP contribution in [0.15, 0.2) is 4.63 Å². The van der Waals surface area contributed by atoms with Gasteiger partial charge in [0.1, 0.15) is 11.4 Å². The lowest BCUT2D eigenvalue weighted by Crippen LogP contribution is -2.57. The number of hydrogen-bond donors (Lipinski definition) is 2. The van der Waals surface area contributed by atoms with Gasteiger partial charge < -0.3 is 10.2 Å². The fourth-order valence-electron chi connectivity index (χ4n) is 7.49. The molecule has 0 aliphatic heterocycles. The summed E-state index contributed by atoms with van der Waals surface area (Å²) in [5.41, 5.74) is 1.25. The van der Waals surface area contributed by atoms with E-state index in [1.807, 2.05) is 6.92 Å². The SMILES string of the molecule is C[C@]12Cc3nonc3C[C@@H]1CCC1[C@@H]2CC[C@@]2(C)[C@H]1C[C@H](O)[C@]2(C)O. The van der Waals surface area contributed by atoms with E-state index in [0.717, 1.165) is 43.5 Å². The Morgan fingerprint density at radius 2 is 1.80 bits per heavy atom. The highest BCUT2D eigenvalue weighted by atomic mass is 16.6. The molecule has 0 saturated heterocycles. The van der Waals surface area contributed by atoms with Crippen molar-refractivity contribution in [3.8, 4) is 0 Å². The third-order valence-electron chi connectivity index (χ3n) is 9.36. The molecule has 0 spiro atoms. The summed E-state index contributed by atoms with van der Waals surface area (Å²) in [6.45, 7) is 6.54. The summed E-state index contributed by atoms with van der Waals surface area (Å²) in [6, 6.07) is 0. The van der Waals surface area contributed by atoms with Crippen molar-refractivity contribution in [1.82, 2.24) is 10.3 Å². The lowest BCUT2D eigenvalue weighted by molar-refractivity contribution is -0.156. The predicted octanol–water partition coefficient (Wildman–Crippen LogP) is 2.75. The minimum atomic E-state index is -0.962. The van der Waals surface area contributed by atoms with Crippen LogP contribution in [0.2, 0.25) is 0 Å². The van der Waals surface area contributed by atoms with E-state index in [2.05, 4.69) is 24.2 Å². The van der Waals surface area contributed by atoms with Crippen LogP contribution in [0.1, 0.15) is 64.3 Å². The van der Waals surface area contributed by atoms with E-state index in [-0.39, 0.29) is 10.8 Å². The summed E-state index contributed by atoms with van der Waals surface area (Å²) in [4.78, 5) is 0. The van der Waals surface area contributed by atoms with Crippen LogP contribution in [-0.4, -0.2) is 32.2 Å². The van der Waals surface area contributed by atoms with Gasteiger partial charge >= 0.3 is 0 Å². The molecule has 3 saturated carbocycles. The van der Waals surface area contributed by atoms with Crippen molar-refractivity contribution in [2.75, 3.05) is 0 Å². The molecular formula is C20H30N2O3. The van der Waals surface area contributed by atoms with E-state index in [4.69, 9.17) is 4.63 Å². The van der Waals surface area contributed by atoms with Crippen molar-refractivity contribution < 1.29 is 14.8 Å². The molecule has 5 rings (SSSR count). The molecule has 4 aliphatic rings. The van der Waals surface area contributed by atoms with Gasteiger partial charge in [-0.15, -0.1) is 0 Å². The molecule has 4 aliphatic carbocycles. The minimum absolute atomic E-state index is 0.161. The maximum atomic E-state index is 11.0. The number of aromatic nitrogens is 2. The van der Waals surface area contributed by atoms with Crippen LogP contribution in [0.25, 0.3) is 0 Å². The van der Waals surface area contributed by atoms with Gasteiger partial charge in [-0.3, -0.25) is 0 Å². The van der Waals surface area contributed by atoms with E-state index in [1.165, 1.54) is 12.8 Å². The van der Waals surface area contributed by atoms with Crippen LogP contribution >= 0.6 is 0 Å².